The van der Waals surface area contributed by atoms with Crippen molar-refractivity contribution < 1.29 is 0 Å². The van der Waals surface area contributed by atoms with Gasteiger partial charge < -0.3 is 5.73 Å². The second kappa shape index (κ2) is 3.75. The number of hydrogen-bond donors (Lipinski definition) is 1. The highest BCUT2D eigenvalue weighted by atomic mass is 35.5. The number of hydrogen-bond acceptors (Lipinski definition) is 2. The van der Waals surface area contributed by atoms with Gasteiger partial charge in [-0.15, -0.1) is 0 Å². The van der Waals surface area contributed by atoms with E-state index in [1.54, 1.807) is 0 Å². The molecule has 0 aliphatic rings. The van der Waals surface area contributed by atoms with Crippen LogP contribution in [0.1, 0.15) is 32.3 Å². The molecule has 0 bridgehead atoms. The molecule has 0 aliphatic carbocycles. The molecule has 0 radical (unpaired) electrons. The minimum absolute atomic E-state index is 0.0542. The van der Waals surface area contributed by atoms with Gasteiger partial charge in [0.05, 0.1) is 5.52 Å². The molecule has 2 rings (SSSR count). The summed E-state index contributed by atoms with van der Waals surface area (Å²) >= 11 is 6.14. The Balaban J connectivity index is 2.85. The highest BCUT2D eigenvalue weighted by Crippen LogP contribution is 2.28. The summed E-state index contributed by atoms with van der Waals surface area (Å²) in [5.41, 5.74) is 7.65. The molecule has 2 aromatic heterocycles. The number of pyridine rings is 1. The first kappa shape index (κ1) is 11.4. The van der Waals surface area contributed by atoms with E-state index in [9.17, 15) is 0 Å². The summed E-state index contributed by atoms with van der Waals surface area (Å²) < 4.78 is 2.06. The molecule has 2 N–H and O–H groups in total. The van der Waals surface area contributed by atoms with E-state index in [1.807, 2.05) is 18.2 Å². The maximum absolute atomic E-state index is 6.14. The van der Waals surface area contributed by atoms with Gasteiger partial charge in [0, 0.05) is 17.7 Å². The topological polar surface area (TPSA) is 43.3 Å². The molecule has 4 heteroatoms. The molecule has 0 saturated heterocycles. The van der Waals surface area contributed by atoms with Crippen LogP contribution in [0.5, 0.6) is 0 Å². The van der Waals surface area contributed by atoms with Crippen LogP contribution in [-0.4, -0.2) is 9.38 Å². The lowest BCUT2D eigenvalue weighted by Crippen LogP contribution is -2.18. The van der Waals surface area contributed by atoms with Crippen molar-refractivity contribution in [3.63, 3.8) is 0 Å². The van der Waals surface area contributed by atoms with Crippen LogP contribution >= 0.6 is 11.6 Å². The summed E-state index contributed by atoms with van der Waals surface area (Å²) in [6.45, 7) is 6.83. The van der Waals surface area contributed by atoms with Gasteiger partial charge in [0.25, 0.3) is 0 Å². The Labute approximate surface area is 100 Å². The normalized spacial score (nSPS) is 12.3. The van der Waals surface area contributed by atoms with E-state index < -0.39 is 0 Å². The minimum Gasteiger partial charge on any atom is -0.325 e. The average molecular weight is 238 g/mol. The second-order valence-electron chi connectivity index (χ2n) is 4.92. The summed E-state index contributed by atoms with van der Waals surface area (Å²) in [4.78, 5) is 4.44. The highest BCUT2D eigenvalue weighted by Gasteiger charge is 2.22. The quantitative estimate of drug-likeness (QED) is 0.829. The number of nitrogens with two attached hydrogens (primary N) is 1. The molecule has 0 amide bonds. The van der Waals surface area contributed by atoms with Gasteiger partial charge in [-0.2, -0.15) is 0 Å². The van der Waals surface area contributed by atoms with Crippen LogP contribution in [0.3, 0.4) is 0 Å². The van der Waals surface area contributed by atoms with Crippen molar-refractivity contribution in [2.75, 3.05) is 0 Å². The predicted molar refractivity (Wildman–Crippen MR) is 66.8 cm³/mol. The van der Waals surface area contributed by atoms with Crippen LogP contribution in [0.4, 0.5) is 0 Å². The fourth-order valence-corrected chi connectivity index (χ4v) is 2.06. The maximum atomic E-state index is 6.14. The monoisotopic (exact) mass is 237 g/mol. The molecule has 3 nitrogen and oxygen atoms in total. The molecule has 2 aromatic rings. The van der Waals surface area contributed by atoms with Gasteiger partial charge in [0.15, 0.2) is 5.15 Å². The first-order valence-corrected chi connectivity index (χ1v) is 5.69. The Hall–Kier alpha value is -1.06. The zero-order valence-electron chi connectivity index (χ0n) is 9.79. The summed E-state index contributed by atoms with van der Waals surface area (Å²) in [5, 5.41) is 0.542. The molecule has 0 aliphatic heterocycles. The molecule has 0 atom stereocenters. The predicted octanol–water partition coefficient (Wildman–Crippen LogP) is 2.74. The van der Waals surface area contributed by atoms with Crippen LogP contribution < -0.4 is 5.73 Å². The summed E-state index contributed by atoms with van der Waals surface area (Å²) in [7, 11) is 0. The van der Waals surface area contributed by atoms with Crippen LogP contribution in [0, 0.1) is 0 Å². The molecular formula is C12H16ClN3. The number of fused-ring (bicyclic) bond motifs is 1. The van der Waals surface area contributed by atoms with E-state index >= 15 is 0 Å². The number of nitrogens with zero attached hydrogens (tertiary/aromatic N) is 2. The fraction of sp³-hybridized carbons (Fsp3) is 0.417. The van der Waals surface area contributed by atoms with E-state index in [-0.39, 0.29) is 5.41 Å². The molecule has 86 valence electrons. The van der Waals surface area contributed by atoms with E-state index in [0.29, 0.717) is 11.7 Å². The minimum atomic E-state index is -0.0542. The van der Waals surface area contributed by atoms with Crippen molar-refractivity contribution in [1.82, 2.24) is 9.38 Å². The molecular weight excluding hydrogens is 222 g/mol. The molecule has 0 spiro atoms. The summed E-state index contributed by atoms with van der Waals surface area (Å²) in [6, 6.07) is 5.92. The Morgan fingerprint density at radius 3 is 2.62 bits per heavy atom. The van der Waals surface area contributed by atoms with Gasteiger partial charge in [-0.25, -0.2) is 4.98 Å². The average Bonchev–Trinajstić information content (AvgIpc) is 2.56. The number of rotatable bonds is 1. The summed E-state index contributed by atoms with van der Waals surface area (Å²) in [5.74, 6) is 0.952. The second-order valence-corrected chi connectivity index (χ2v) is 5.28. The van der Waals surface area contributed by atoms with Gasteiger partial charge in [0.1, 0.15) is 5.82 Å². The number of aromatic nitrogens is 2. The van der Waals surface area contributed by atoms with Crippen molar-refractivity contribution in [3.8, 4) is 0 Å². The molecule has 0 unspecified atom stereocenters. The van der Waals surface area contributed by atoms with E-state index in [1.165, 1.54) is 0 Å². The van der Waals surface area contributed by atoms with E-state index in [0.717, 1.165) is 17.0 Å². The third kappa shape index (κ3) is 1.70. The SMILES string of the molecule is CC(C)(C)c1nc(Cl)c2cccc(CN)n12. The lowest BCUT2D eigenvalue weighted by molar-refractivity contribution is 0.539. The van der Waals surface area contributed by atoms with Gasteiger partial charge in [-0.05, 0) is 12.1 Å². The van der Waals surface area contributed by atoms with E-state index in [2.05, 4.69) is 30.2 Å². The van der Waals surface area contributed by atoms with Crippen molar-refractivity contribution in [3.05, 3.63) is 34.9 Å². The Morgan fingerprint density at radius 1 is 1.38 bits per heavy atom. The Kier molecular flexibility index (Phi) is 2.68. The first-order chi connectivity index (χ1) is 7.45. The highest BCUT2D eigenvalue weighted by molar-refractivity contribution is 6.32. The van der Waals surface area contributed by atoms with Gasteiger partial charge in [-0.3, -0.25) is 4.40 Å². The van der Waals surface area contributed by atoms with E-state index in [4.69, 9.17) is 17.3 Å². The maximum Gasteiger partial charge on any atom is 0.155 e. The van der Waals surface area contributed by atoms with Crippen LogP contribution in [-0.2, 0) is 12.0 Å². The van der Waals surface area contributed by atoms with Gasteiger partial charge >= 0.3 is 0 Å². The van der Waals surface area contributed by atoms with Crippen LogP contribution in [0.25, 0.3) is 5.52 Å². The fourth-order valence-electron chi connectivity index (χ4n) is 1.83. The lowest BCUT2D eigenvalue weighted by atomic mass is 9.96. The largest absolute Gasteiger partial charge is 0.325 e. The molecule has 0 aromatic carbocycles. The van der Waals surface area contributed by atoms with Gasteiger partial charge in [0.2, 0.25) is 0 Å². The Morgan fingerprint density at radius 2 is 2.06 bits per heavy atom. The van der Waals surface area contributed by atoms with Gasteiger partial charge in [-0.1, -0.05) is 38.4 Å². The van der Waals surface area contributed by atoms with Crippen molar-refractivity contribution in [2.24, 2.45) is 5.73 Å². The smallest absolute Gasteiger partial charge is 0.155 e. The Bertz CT molecular complexity index is 523. The number of imidazole rings is 1. The first-order valence-electron chi connectivity index (χ1n) is 5.31. The third-order valence-corrected chi connectivity index (χ3v) is 2.86. The zero-order valence-corrected chi connectivity index (χ0v) is 10.5. The number of halogens is 1. The molecule has 2 heterocycles. The van der Waals surface area contributed by atoms with Crippen LogP contribution in [0.15, 0.2) is 18.2 Å². The standard InChI is InChI=1S/C12H16ClN3/c1-12(2,3)11-15-10(13)9-6-4-5-8(7-14)16(9)11/h4-6H,7,14H2,1-3H3. The zero-order chi connectivity index (χ0) is 11.9. The van der Waals surface area contributed by atoms with Crippen molar-refractivity contribution in [1.29, 1.82) is 0 Å². The van der Waals surface area contributed by atoms with Crippen molar-refractivity contribution in [2.45, 2.75) is 32.7 Å². The molecule has 0 saturated carbocycles. The lowest BCUT2D eigenvalue weighted by Gasteiger charge is -2.18. The van der Waals surface area contributed by atoms with Crippen molar-refractivity contribution >= 4 is 17.1 Å². The third-order valence-electron chi connectivity index (χ3n) is 2.58. The molecule has 0 fully saturated rings. The summed E-state index contributed by atoms with van der Waals surface area (Å²) in [6.07, 6.45) is 0. The molecule has 16 heavy (non-hydrogen) atoms. The van der Waals surface area contributed by atoms with Crippen LogP contribution in [0.2, 0.25) is 5.15 Å².